The van der Waals surface area contributed by atoms with Crippen LogP contribution in [0, 0.1) is 5.82 Å². The normalized spacial score (nSPS) is 16.3. The van der Waals surface area contributed by atoms with Crippen molar-refractivity contribution in [2.24, 2.45) is 4.99 Å². The number of hydrogen-bond donors (Lipinski definition) is 0. The van der Waals surface area contributed by atoms with Crippen LogP contribution in [0.2, 0.25) is 0 Å². The summed E-state index contributed by atoms with van der Waals surface area (Å²) >= 11 is 1.64. The lowest BCUT2D eigenvalue weighted by Gasteiger charge is -2.25. The molecule has 0 N–H and O–H groups in total. The lowest BCUT2D eigenvalue weighted by Crippen LogP contribution is -2.23. The zero-order valence-corrected chi connectivity index (χ0v) is 14.8. The van der Waals surface area contributed by atoms with E-state index >= 15 is 0 Å². The van der Waals surface area contributed by atoms with Gasteiger partial charge < -0.3 is 4.57 Å². The third-order valence-electron chi connectivity index (χ3n) is 4.69. The van der Waals surface area contributed by atoms with E-state index in [1.807, 2.05) is 24.3 Å². The molecule has 0 saturated heterocycles. The van der Waals surface area contributed by atoms with Crippen molar-refractivity contribution >= 4 is 17.0 Å². The minimum Gasteiger partial charge on any atom is -0.313 e. The molecule has 0 unspecified atom stereocenters. The van der Waals surface area contributed by atoms with Crippen molar-refractivity contribution in [3.63, 3.8) is 0 Å². The Labute approximate surface area is 150 Å². The highest BCUT2D eigenvalue weighted by molar-refractivity contribution is 7.07. The van der Waals surface area contributed by atoms with Crippen molar-refractivity contribution in [1.29, 1.82) is 0 Å². The van der Waals surface area contributed by atoms with E-state index in [0.717, 1.165) is 21.7 Å². The third-order valence-corrected chi connectivity index (χ3v) is 5.53. The highest BCUT2D eigenvalue weighted by atomic mass is 32.1. The van der Waals surface area contributed by atoms with Crippen LogP contribution in [0.15, 0.2) is 59.2 Å². The quantitative estimate of drug-likeness (QED) is 0.612. The molecule has 0 amide bonds. The minimum atomic E-state index is -0.205. The Kier molecular flexibility index (Phi) is 4.74. The average Bonchev–Trinajstić information content (AvgIpc) is 3.07. The van der Waals surface area contributed by atoms with Crippen LogP contribution in [0.1, 0.15) is 38.1 Å². The Morgan fingerprint density at radius 1 is 1.08 bits per heavy atom. The van der Waals surface area contributed by atoms with Gasteiger partial charge in [-0.15, -0.1) is 11.3 Å². The molecule has 2 heterocycles. The van der Waals surface area contributed by atoms with E-state index in [0.29, 0.717) is 6.04 Å². The molecule has 25 heavy (non-hydrogen) atoms. The van der Waals surface area contributed by atoms with Crippen molar-refractivity contribution in [2.45, 2.75) is 38.1 Å². The van der Waals surface area contributed by atoms with E-state index in [-0.39, 0.29) is 5.82 Å². The first-order valence-corrected chi connectivity index (χ1v) is 9.60. The van der Waals surface area contributed by atoms with Gasteiger partial charge in [0.1, 0.15) is 5.82 Å². The summed E-state index contributed by atoms with van der Waals surface area (Å²) in [6.45, 7) is 0. The molecule has 0 aliphatic heterocycles. The van der Waals surface area contributed by atoms with E-state index in [9.17, 15) is 4.39 Å². The highest BCUT2D eigenvalue weighted by Crippen LogP contribution is 2.32. The van der Waals surface area contributed by atoms with E-state index in [1.54, 1.807) is 23.7 Å². The van der Waals surface area contributed by atoms with Crippen LogP contribution in [-0.4, -0.2) is 9.55 Å². The molecular weight excluding hydrogens is 333 g/mol. The Morgan fingerprint density at radius 3 is 2.60 bits per heavy atom. The van der Waals surface area contributed by atoms with Gasteiger partial charge in [0.25, 0.3) is 0 Å². The molecule has 0 atom stereocenters. The number of pyridine rings is 1. The van der Waals surface area contributed by atoms with Crippen LogP contribution < -0.4 is 4.80 Å². The van der Waals surface area contributed by atoms with Gasteiger partial charge in [0, 0.05) is 17.6 Å². The van der Waals surface area contributed by atoms with Crippen molar-refractivity contribution in [1.82, 2.24) is 9.55 Å². The third kappa shape index (κ3) is 3.56. The van der Waals surface area contributed by atoms with Gasteiger partial charge in [-0.3, -0.25) is 4.98 Å². The fourth-order valence-electron chi connectivity index (χ4n) is 3.46. The SMILES string of the molecule is Fc1ccc(-c2csc(=Nc3cccnc3)n2C2CCCCC2)cc1. The summed E-state index contributed by atoms with van der Waals surface area (Å²) in [5.41, 5.74) is 3.02. The molecule has 4 rings (SSSR count). The van der Waals surface area contributed by atoms with Gasteiger partial charge in [-0.25, -0.2) is 9.38 Å². The molecule has 5 heteroatoms. The number of aromatic nitrogens is 2. The van der Waals surface area contributed by atoms with Gasteiger partial charge >= 0.3 is 0 Å². The van der Waals surface area contributed by atoms with Crippen molar-refractivity contribution < 1.29 is 4.39 Å². The molecule has 128 valence electrons. The summed E-state index contributed by atoms with van der Waals surface area (Å²) in [5, 5.41) is 2.14. The van der Waals surface area contributed by atoms with Gasteiger partial charge in [0.15, 0.2) is 4.80 Å². The van der Waals surface area contributed by atoms with Crippen LogP contribution in [0.3, 0.4) is 0 Å². The van der Waals surface area contributed by atoms with E-state index in [1.165, 1.54) is 44.2 Å². The largest absolute Gasteiger partial charge is 0.313 e. The predicted octanol–water partition coefficient (Wildman–Crippen LogP) is 5.49. The molecular formula is C20H20FN3S. The highest BCUT2D eigenvalue weighted by Gasteiger charge is 2.20. The second-order valence-corrected chi connectivity index (χ2v) is 7.23. The van der Waals surface area contributed by atoms with Gasteiger partial charge in [-0.2, -0.15) is 0 Å². The Hall–Kier alpha value is -2.27. The van der Waals surface area contributed by atoms with E-state index < -0.39 is 0 Å². The van der Waals surface area contributed by atoms with Crippen LogP contribution >= 0.6 is 11.3 Å². The second-order valence-electron chi connectivity index (χ2n) is 6.40. The average molecular weight is 353 g/mol. The molecule has 0 radical (unpaired) electrons. The summed E-state index contributed by atoms with van der Waals surface area (Å²) in [5.74, 6) is -0.205. The molecule has 3 aromatic rings. The van der Waals surface area contributed by atoms with Gasteiger partial charge in [0.2, 0.25) is 0 Å². The van der Waals surface area contributed by atoms with Gasteiger partial charge in [0.05, 0.1) is 17.6 Å². The molecule has 1 aliphatic carbocycles. The molecule has 0 spiro atoms. The van der Waals surface area contributed by atoms with Crippen molar-refractivity contribution in [3.8, 4) is 11.3 Å². The molecule has 3 nitrogen and oxygen atoms in total. The molecule has 1 fully saturated rings. The summed E-state index contributed by atoms with van der Waals surface area (Å²) in [7, 11) is 0. The zero-order chi connectivity index (χ0) is 17.1. The van der Waals surface area contributed by atoms with Crippen molar-refractivity contribution in [3.05, 3.63) is 64.8 Å². The molecule has 1 saturated carbocycles. The fourth-order valence-corrected chi connectivity index (χ4v) is 4.44. The second kappa shape index (κ2) is 7.31. The van der Waals surface area contributed by atoms with E-state index in [2.05, 4.69) is 14.9 Å². The maximum absolute atomic E-state index is 13.3. The molecule has 1 aliphatic rings. The Morgan fingerprint density at radius 2 is 1.88 bits per heavy atom. The summed E-state index contributed by atoms with van der Waals surface area (Å²) < 4.78 is 15.7. The molecule has 2 aromatic heterocycles. The van der Waals surface area contributed by atoms with Gasteiger partial charge in [-0.05, 0) is 54.8 Å². The van der Waals surface area contributed by atoms with Crippen LogP contribution in [0.5, 0.6) is 0 Å². The zero-order valence-electron chi connectivity index (χ0n) is 13.9. The Balaban J connectivity index is 1.84. The minimum absolute atomic E-state index is 0.205. The van der Waals surface area contributed by atoms with E-state index in [4.69, 9.17) is 4.99 Å². The number of nitrogens with zero attached hydrogens (tertiary/aromatic N) is 3. The number of benzene rings is 1. The van der Waals surface area contributed by atoms with Gasteiger partial charge in [-0.1, -0.05) is 19.3 Å². The van der Waals surface area contributed by atoms with Crippen molar-refractivity contribution in [2.75, 3.05) is 0 Å². The first kappa shape index (κ1) is 16.2. The number of rotatable bonds is 3. The summed E-state index contributed by atoms with van der Waals surface area (Å²) in [4.78, 5) is 9.97. The standard InChI is InChI=1S/C20H20FN3S/c21-16-10-8-15(9-11-16)19-14-25-20(23-17-5-4-12-22-13-17)24(19)18-6-2-1-3-7-18/h4-5,8-14,18H,1-3,6-7H2. The number of halogens is 1. The maximum atomic E-state index is 13.3. The van der Waals surface area contributed by atoms with Crippen LogP contribution in [-0.2, 0) is 0 Å². The number of hydrogen-bond acceptors (Lipinski definition) is 3. The number of thiazole rings is 1. The topological polar surface area (TPSA) is 30.2 Å². The molecule has 0 bridgehead atoms. The predicted molar refractivity (Wildman–Crippen MR) is 99.3 cm³/mol. The summed E-state index contributed by atoms with van der Waals surface area (Å²) in [6.07, 6.45) is 9.69. The summed E-state index contributed by atoms with van der Waals surface area (Å²) in [6, 6.07) is 11.1. The first-order valence-electron chi connectivity index (χ1n) is 8.72. The lowest BCUT2D eigenvalue weighted by molar-refractivity contribution is 0.351. The lowest BCUT2D eigenvalue weighted by atomic mass is 9.95. The fraction of sp³-hybridized carbons (Fsp3) is 0.300. The first-order chi connectivity index (χ1) is 12.3. The van der Waals surface area contributed by atoms with Crippen LogP contribution in [0.4, 0.5) is 10.1 Å². The molecule has 1 aromatic carbocycles. The Bertz CT molecular complexity index is 891. The smallest absolute Gasteiger partial charge is 0.190 e. The monoisotopic (exact) mass is 353 g/mol. The maximum Gasteiger partial charge on any atom is 0.190 e. The van der Waals surface area contributed by atoms with Crippen LogP contribution in [0.25, 0.3) is 11.3 Å².